The number of halogens is 1. The molecule has 1 aromatic heterocycles. The Kier molecular flexibility index (Phi) is 3.77. The largest absolute Gasteiger partial charge is 0.304 e. The van der Waals surface area contributed by atoms with Crippen LogP contribution in [0.3, 0.4) is 0 Å². The molecule has 0 aliphatic heterocycles. The van der Waals surface area contributed by atoms with Crippen LogP contribution in [0.5, 0.6) is 0 Å². The van der Waals surface area contributed by atoms with Crippen LogP contribution in [0.2, 0.25) is 0 Å². The molecular weight excluding hydrogens is 229 g/mol. The molecule has 1 unspecified atom stereocenters. The molecule has 2 rings (SSSR count). The summed E-state index contributed by atoms with van der Waals surface area (Å²) in [5, 5.41) is 7.62. The van der Waals surface area contributed by atoms with Crippen LogP contribution < -0.4 is 5.32 Å². The number of hydrogen-bond acceptors (Lipinski definition) is 2. The molecule has 3 nitrogen and oxygen atoms in total. The first-order valence-electron chi connectivity index (χ1n) is 6.04. The van der Waals surface area contributed by atoms with Crippen molar-refractivity contribution in [3.63, 3.8) is 0 Å². The normalized spacial score (nSPS) is 12.7. The van der Waals surface area contributed by atoms with Gasteiger partial charge in [0.2, 0.25) is 0 Å². The molecule has 0 saturated heterocycles. The van der Waals surface area contributed by atoms with Gasteiger partial charge in [0, 0.05) is 25.8 Å². The van der Waals surface area contributed by atoms with Crippen LogP contribution >= 0.6 is 0 Å². The van der Waals surface area contributed by atoms with E-state index in [9.17, 15) is 4.39 Å². The summed E-state index contributed by atoms with van der Waals surface area (Å²) >= 11 is 0. The van der Waals surface area contributed by atoms with Crippen molar-refractivity contribution in [3.8, 4) is 0 Å². The first kappa shape index (κ1) is 12.8. The van der Waals surface area contributed by atoms with Gasteiger partial charge in [0.25, 0.3) is 0 Å². The van der Waals surface area contributed by atoms with Crippen molar-refractivity contribution in [1.82, 2.24) is 15.1 Å². The highest BCUT2D eigenvalue weighted by molar-refractivity contribution is 5.25. The minimum absolute atomic E-state index is 0.0992. The van der Waals surface area contributed by atoms with Gasteiger partial charge in [-0.15, -0.1) is 0 Å². The fraction of sp³-hybridized carbons (Fsp3) is 0.357. The Balaban J connectivity index is 1.99. The lowest BCUT2D eigenvalue weighted by Crippen LogP contribution is -2.18. The van der Waals surface area contributed by atoms with E-state index in [1.807, 2.05) is 38.4 Å². The van der Waals surface area contributed by atoms with E-state index in [0.717, 1.165) is 11.3 Å². The molecule has 0 aliphatic rings. The van der Waals surface area contributed by atoms with Gasteiger partial charge in [0.15, 0.2) is 0 Å². The molecule has 0 spiro atoms. The Morgan fingerprint density at radius 1 is 1.39 bits per heavy atom. The number of benzene rings is 1. The molecule has 2 aromatic rings. The SMILES string of the molecule is Cc1ccc(C(C)NCc2ccn(C)n2)cc1F. The van der Waals surface area contributed by atoms with Crippen LogP contribution in [0.15, 0.2) is 30.5 Å². The van der Waals surface area contributed by atoms with Crippen LogP contribution in [-0.2, 0) is 13.6 Å². The van der Waals surface area contributed by atoms with Gasteiger partial charge in [-0.05, 0) is 37.1 Å². The van der Waals surface area contributed by atoms with Crippen molar-refractivity contribution in [3.05, 3.63) is 53.1 Å². The van der Waals surface area contributed by atoms with E-state index in [1.165, 1.54) is 0 Å². The van der Waals surface area contributed by atoms with Gasteiger partial charge in [-0.2, -0.15) is 5.10 Å². The Labute approximate surface area is 107 Å². The molecule has 96 valence electrons. The Morgan fingerprint density at radius 3 is 2.78 bits per heavy atom. The summed E-state index contributed by atoms with van der Waals surface area (Å²) in [5.74, 6) is -0.154. The monoisotopic (exact) mass is 247 g/mol. The van der Waals surface area contributed by atoms with Gasteiger partial charge in [-0.1, -0.05) is 12.1 Å². The Bertz CT molecular complexity index is 534. The summed E-state index contributed by atoms with van der Waals surface area (Å²) in [4.78, 5) is 0. The third-order valence-electron chi connectivity index (χ3n) is 3.05. The van der Waals surface area contributed by atoms with E-state index in [0.29, 0.717) is 12.1 Å². The average Bonchev–Trinajstić information content (AvgIpc) is 2.75. The van der Waals surface area contributed by atoms with Crippen molar-refractivity contribution in [2.75, 3.05) is 0 Å². The lowest BCUT2D eigenvalue weighted by molar-refractivity contribution is 0.553. The van der Waals surface area contributed by atoms with Gasteiger partial charge in [0.05, 0.1) is 5.69 Å². The summed E-state index contributed by atoms with van der Waals surface area (Å²) in [6, 6.07) is 7.42. The Hall–Kier alpha value is -1.68. The average molecular weight is 247 g/mol. The predicted octanol–water partition coefficient (Wildman–Crippen LogP) is 2.72. The number of hydrogen-bond donors (Lipinski definition) is 1. The topological polar surface area (TPSA) is 29.9 Å². The summed E-state index contributed by atoms with van der Waals surface area (Å²) in [5.41, 5.74) is 2.61. The zero-order valence-corrected chi connectivity index (χ0v) is 10.9. The highest BCUT2D eigenvalue weighted by atomic mass is 19.1. The highest BCUT2D eigenvalue weighted by Gasteiger charge is 2.08. The molecule has 1 heterocycles. The van der Waals surface area contributed by atoms with Crippen molar-refractivity contribution < 1.29 is 4.39 Å². The van der Waals surface area contributed by atoms with Crippen molar-refractivity contribution in [2.24, 2.45) is 7.05 Å². The van der Waals surface area contributed by atoms with E-state index in [-0.39, 0.29) is 11.9 Å². The maximum Gasteiger partial charge on any atom is 0.126 e. The number of nitrogens with one attached hydrogen (secondary N) is 1. The third kappa shape index (κ3) is 2.96. The lowest BCUT2D eigenvalue weighted by Gasteiger charge is -2.14. The number of rotatable bonds is 4. The van der Waals surface area contributed by atoms with Gasteiger partial charge < -0.3 is 5.32 Å². The molecule has 18 heavy (non-hydrogen) atoms. The number of aromatic nitrogens is 2. The van der Waals surface area contributed by atoms with Gasteiger partial charge in [-0.25, -0.2) is 4.39 Å². The van der Waals surface area contributed by atoms with Gasteiger partial charge in [-0.3, -0.25) is 4.68 Å². The zero-order chi connectivity index (χ0) is 13.1. The molecule has 0 amide bonds. The first-order chi connectivity index (χ1) is 8.56. The van der Waals surface area contributed by atoms with Crippen molar-refractivity contribution >= 4 is 0 Å². The second-order valence-electron chi connectivity index (χ2n) is 4.59. The van der Waals surface area contributed by atoms with Crippen LogP contribution in [0.4, 0.5) is 4.39 Å². The van der Waals surface area contributed by atoms with Gasteiger partial charge in [0.1, 0.15) is 5.82 Å². The molecule has 1 atom stereocenters. The molecule has 0 fully saturated rings. The minimum atomic E-state index is -0.154. The molecule has 0 aliphatic carbocycles. The summed E-state index contributed by atoms with van der Waals surface area (Å²) < 4.78 is 15.2. The highest BCUT2D eigenvalue weighted by Crippen LogP contribution is 2.16. The van der Waals surface area contributed by atoms with E-state index in [4.69, 9.17) is 0 Å². The number of aryl methyl sites for hydroxylation is 2. The molecule has 1 aromatic carbocycles. The van der Waals surface area contributed by atoms with E-state index in [2.05, 4.69) is 10.4 Å². The second kappa shape index (κ2) is 5.31. The van der Waals surface area contributed by atoms with Crippen molar-refractivity contribution in [2.45, 2.75) is 26.4 Å². The molecule has 1 N–H and O–H groups in total. The fourth-order valence-corrected chi connectivity index (χ4v) is 1.81. The summed E-state index contributed by atoms with van der Waals surface area (Å²) in [6.07, 6.45) is 1.91. The van der Waals surface area contributed by atoms with E-state index < -0.39 is 0 Å². The quantitative estimate of drug-likeness (QED) is 0.900. The molecule has 0 radical (unpaired) electrons. The Morgan fingerprint density at radius 2 is 2.17 bits per heavy atom. The molecule has 4 heteroatoms. The maximum atomic E-state index is 13.5. The van der Waals surface area contributed by atoms with Crippen LogP contribution in [-0.4, -0.2) is 9.78 Å². The number of nitrogens with zero attached hydrogens (tertiary/aromatic N) is 2. The van der Waals surface area contributed by atoms with Crippen LogP contribution in [0.25, 0.3) is 0 Å². The molecule has 0 saturated carbocycles. The third-order valence-corrected chi connectivity index (χ3v) is 3.05. The molecule has 0 bridgehead atoms. The first-order valence-corrected chi connectivity index (χ1v) is 6.04. The summed E-state index contributed by atoms with van der Waals surface area (Å²) in [6.45, 7) is 4.47. The lowest BCUT2D eigenvalue weighted by atomic mass is 10.1. The maximum absolute atomic E-state index is 13.5. The van der Waals surface area contributed by atoms with Crippen LogP contribution in [0, 0.1) is 12.7 Å². The van der Waals surface area contributed by atoms with Crippen LogP contribution in [0.1, 0.15) is 29.8 Å². The van der Waals surface area contributed by atoms with Crippen molar-refractivity contribution in [1.29, 1.82) is 0 Å². The van der Waals surface area contributed by atoms with E-state index >= 15 is 0 Å². The predicted molar refractivity (Wildman–Crippen MR) is 69.6 cm³/mol. The minimum Gasteiger partial charge on any atom is -0.304 e. The van der Waals surface area contributed by atoms with E-state index in [1.54, 1.807) is 17.7 Å². The summed E-state index contributed by atoms with van der Waals surface area (Å²) in [7, 11) is 1.89. The zero-order valence-electron chi connectivity index (χ0n) is 10.9. The second-order valence-corrected chi connectivity index (χ2v) is 4.59. The smallest absolute Gasteiger partial charge is 0.126 e. The van der Waals surface area contributed by atoms with Gasteiger partial charge >= 0.3 is 0 Å². The fourth-order valence-electron chi connectivity index (χ4n) is 1.81. The molecular formula is C14H18FN3. The standard InChI is InChI=1S/C14H18FN3/c1-10-4-5-12(8-14(10)15)11(2)16-9-13-6-7-18(3)17-13/h4-8,11,16H,9H2,1-3H3.